The molecule has 0 aromatic carbocycles. The summed E-state index contributed by atoms with van der Waals surface area (Å²) in [6.45, 7) is 14.0. The van der Waals surface area contributed by atoms with Crippen LogP contribution in [0.15, 0.2) is 16.7 Å². The minimum Gasteiger partial charge on any atom is -0.361 e. The monoisotopic (exact) mass is 345 g/mol. The highest BCUT2D eigenvalue weighted by molar-refractivity contribution is 5.92. The van der Waals surface area contributed by atoms with E-state index in [-0.39, 0.29) is 11.4 Å². The third-order valence-electron chi connectivity index (χ3n) is 4.46. The van der Waals surface area contributed by atoms with Crippen molar-refractivity contribution < 1.29 is 9.32 Å². The highest BCUT2D eigenvalue weighted by Gasteiger charge is 2.26. The van der Waals surface area contributed by atoms with Crippen molar-refractivity contribution in [1.82, 2.24) is 24.7 Å². The number of hydrogen-bond donors (Lipinski definition) is 0. The van der Waals surface area contributed by atoms with Gasteiger partial charge in [0, 0.05) is 44.5 Å². The van der Waals surface area contributed by atoms with Gasteiger partial charge in [0.25, 0.3) is 5.91 Å². The number of carbonyl (C=O) groups excluding carboxylic acids is 1. The largest absolute Gasteiger partial charge is 0.361 e. The summed E-state index contributed by atoms with van der Waals surface area (Å²) in [4.78, 5) is 16.9. The van der Waals surface area contributed by atoms with Crippen LogP contribution < -0.4 is 0 Å². The summed E-state index contributed by atoms with van der Waals surface area (Å²) in [5.74, 6) is 0.844. The molecule has 1 fully saturated rings. The molecule has 0 radical (unpaired) electrons. The first-order valence-electron chi connectivity index (χ1n) is 8.75. The van der Waals surface area contributed by atoms with Gasteiger partial charge in [0.05, 0.1) is 11.2 Å². The van der Waals surface area contributed by atoms with Crippen LogP contribution >= 0.6 is 0 Å². The predicted molar refractivity (Wildman–Crippen MR) is 94.4 cm³/mol. The first-order valence-corrected chi connectivity index (χ1v) is 8.75. The molecule has 0 N–H and O–H groups in total. The Bertz CT molecular complexity index is 748. The second kappa shape index (κ2) is 6.63. The molecule has 25 heavy (non-hydrogen) atoms. The lowest BCUT2D eigenvalue weighted by Crippen LogP contribution is -2.48. The second-order valence-electron chi connectivity index (χ2n) is 7.75. The molecule has 0 unspecified atom stereocenters. The SMILES string of the molecule is Cc1cc(CN2CCN(C(=O)c3cc(C)n(C(C)(C)C)n3)CC2)no1. The van der Waals surface area contributed by atoms with Gasteiger partial charge in [-0.3, -0.25) is 14.4 Å². The first kappa shape index (κ1) is 17.7. The molecule has 0 aliphatic carbocycles. The van der Waals surface area contributed by atoms with Crippen molar-refractivity contribution in [3.8, 4) is 0 Å². The summed E-state index contributed by atoms with van der Waals surface area (Å²) in [5, 5.41) is 8.57. The van der Waals surface area contributed by atoms with E-state index in [1.807, 2.05) is 35.6 Å². The van der Waals surface area contributed by atoms with Crippen molar-refractivity contribution in [3.63, 3.8) is 0 Å². The molecule has 2 aromatic heterocycles. The van der Waals surface area contributed by atoms with Crippen molar-refractivity contribution in [1.29, 1.82) is 0 Å². The number of aromatic nitrogens is 3. The Morgan fingerprint density at radius 3 is 2.36 bits per heavy atom. The highest BCUT2D eigenvalue weighted by Crippen LogP contribution is 2.18. The topological polar surface area (TPSA) is 67.4 Å². The fourth-order valence-corrected chi connectivity index (χ4v) is 3.25. The number of nitrogens with zero attached hydrogens (tertiary/aromatic N) is 5. The van der Waals surface area contributed by atoms with Crippen LogP contribution in [0.25, 0.3) is 0 Å². The average Bonchev–Trinajstić information content (AvgIpc) is 3.13. The van der Waals surface area contributed by atoms with Crippen molar-refractivity contribution in [2.45, 2.75) is 46.7 Å². The number of amides is 1. The Morgan fingerprint density at radius 1 is 1.16 bits per heavy atom. The van der Waals surface area contributed by atoms with Crippen LogP contribution in [0.2, 0.25) is 0 Å². The van der Waals surface area contributed by atoms with E-state index >= 15 is 0 Å². The molecule has 1 aliphatic rings. The zero-order valence-electron chi connectivity index (χ0n) is 15.7. The van der Waals surface area contributed by atoms with Crippen molar-refractivity contribution in [2.24, 2.45) is 0 Å². The van der Waals surface area contributed by atoms with Crippen LogP contribution in [0.1, 0.15) is 48.4 Å². The standard InChI is InChI=1S/C18H27N5O2/c1-13-10-16(19-23(13)18(3,4)5)17(24)22-8-6-21(7-9-22)12-15-11-14(2)25-20-15/h10-11H,6-9,12H2,1-5H3. The minimum absolute atomic E-state index is 0.0167. The van der Waals surface area contributed by atoms with Crippen LogP contribution in [-0.4, -0.2) is 56.8 Å². The van der Waals surface area contributed by atoms with Gasteiger partial charge in [-0.05, 0) is 40.7 Å². The fraction of sp³-hybridized carbons (Fsp3) is 0.611. The smallest absolute Gasteiger partial charge is 0.274 e. The minimum atomic E-state index is -0.128. The summed E-state index contributed by atoms with van der Waals surface area (Å²) >= 11 is 0. The van der Waals surface area contributed by atoms with E-state index in [0.717, 1.165) is 36.8 Å². The summed E-state index contributed by atoms with van der Waals surface area (Å²) in [5.41, 5.74) is 2.36. The lowest BCUT2D eigenvalue weighted by Gasteiger charge is -2.33. The molecule has 7 nitrogen and oxygen atoms in total. The molecule has 0 spiro atoms. The highest BCUT2D eigenvalue weighted by atomic mass is 16.5. The fourth-order valence-electron chi connectivity index (χ4n) is 3.25. The van der Waals surface area contributed by atoms with Crippen LogP contribution in [-0.2, 0) is 12.1 Å². The van der Waals surface area contributed by atoms with Gasteiger partial charge in [-0.15, -0.1) is 0 Å². The van der Waals surface area contributed by atoms with E-state index in [1.165, 1.54) is 0 Å². The van der Waals surface area contributed by atoms with Gasteiger partial charge in [-0.2, -0.15) is 5.10 Å². The maximum absolute atomic E-state index is 12.8. The van der Waals surface area contributed by atoms with E-state index in [4.69, 9.17) is 4.52 Å². The van der Waals surface area contributed by atoms with E-state index < -0.39 is 0 Å². The third-order valence-corrected chi connectivity index (χ3v) is 4.46. The number of rotatable bonds is 3. The molecule has 1 saturated heterocycles. The predicted octanol–water partition coefficient (Wildman–Crippen LogP) is 2.20. The molecule has 136 valence electrons. The van der Waals surface area contributed by atoms with E-state index in [9.17, 15) is 4.79 Å². The van der Waals surface area contributed by atoms with Gasteiger partial charge in [0.15, 0.2) is 5.69 Å². The van der Waals surface area contributed by atoms with Crippen molar-refractivity contribution >= 4 is 5.91 Å². The van der Waals surface area contributed by atoms with E-state index in [1.54, 1.807) is 0 Å². The van der Waals surface area contributed by atoms with Gasteiger partial charge >= 0.3 is 0 Å². The van der Waals surface area contributed by atoms with Crippen LogP contribution in [0.3, 0.4) is 0 Å². The van der Waals surface area contributed by atoms with Crippen LogP contribution in [0.4, 0.5) is 0 Å². The summed E-state index contributed by atoms with van der Waals surface area (Å²) in [6.07, 6.45) is 0. The van der Waals surface area contributed by atoms with Gasteiger partial charge < -0.3 is 9.42 Å². The first-order chi connectivity index (χ1) is 11.7. The van der Waals surface area contributed by atoms with Crippen molar-refractivity contribution in [3.05, 3.63) is 35.0 Å². The Labute approximate surface area is 148 Å². The molecule has 3 rings (SSSR count). The molecule has 1 aliphatic heterocycles. The van der Waals surface area contributed by atoms with Crippen molar-refractivity contribution in [2.75, 3.05) is 26.2 Å². The summed E-state index contributed by atoms with van der Waals surface area (Å²) in [6, 6.07) is 3.84. The Kier molecular flexibility index (Phi) is 4.69. The van der Waals surface area contributed by atoms with E-state index in [2.05, 4.69) is 35.9 Å². The number of carbonyl (C=O) groups is 1. The maximum Gasteiger partial charge on any atom is 0.274 e. The van der Waals surface area contributed by atoms with Crippen LogP contribution in [0, 0.1) is 13.8 Å². The molecule has 3 heterocycles. The molecule has 0 atom stereocenters. The zero-order valence-corrected chi connectivity index (χ0v) is 15.7. The molecule has 2 aromatic rings. The Hall–Kier alpha value is -2.15. The summed E-state index contributed by atoms with van der Waals surface area (Å²) < 4.78 is 7.03. The second-order valence-corrected chi connectivity index (χ2v) is 7.75. The number of hydrogen-bond acceptors (Lipinski definition) is 5. The third kappa shape index (κ3) is 3.92. The maximum atomic E-state index is 12.8. The lowest BCUT2D eigenvalue weighted by molar-refractivity contribution is 0.0618. The molecular formula is C18H27N5O2. The van der Waals surface area contributed by atoms with Gasteiger partial charge in [-0.25, -0.2) is 0 Å². The van der Waals surface area contributed by atoms with E-state index in [0.29, 0.717) is 18.8 Å². The Morgan fingerprint density at radius 2 is 1.84 bits per heavy atom. The van der Waals surface area contributed by atoms with Crippen LogP contribution in [0.5, 0.6) is 0 Å². The molecule has 7 heteroatoms. The Balaban J connectivity index is 1.60. The molecular weight excluding hydrogens is 318 g/mol. The van der Waals surface area contributed by atoms with Gasteiger partial charge in [0.2, 0.25) is 0 Å². The number of aryl methyl sites for hydroxylation is 2. The van der Waals surface area contributed by atoms with Gasteiger partial charge in [0.1, 0.15) is 5.76 Å². The molecule has 0 saturated carbocycles. The summed E-state index contributed by atoms with van der Waals surface area (Å²) in [7, 11) is 0. The number of piperazine rings is 1. The average molecular weight is 345 g/mol. The molecule has 1 amide bonds. The van der Waals surface area contributed by atoms with Gasteiger partial charge in [-0.1, -0.05) is 5.16 Å². The molecule has 0 bridgehead atoms. The quantitative estimate of drug-likeness (QED) is 0.853. The normalized spacial score (nSPS) is 16.4. The lowest BCUT2D eigenvalue weighted by atomic mass is 10.1. The zero-order chi connectivity index (χ0) is 18.2.